The highest BCUT2D eigenvalue weighted by Crippen LogP contribution is 2.29. The summed E-state index contributed by atoms with van der Waals surface area (Å²) in [6.07, 6.45) is 3.95. The number of carbonyl (C=O) groups is 1. The fourth-order valence-electron chi connectivity index (χ4n) is 3.54. The summed E-state index contributed by atoms with van der Waals surface area (Å²) in [5.74, 6) is 2.02. The predicted octanol–water partition coefficient (Wildman–Crippen LogP) is 5.68. The molecule has 1 heterocycles. The number of nitrogens with zero attached hydrogens (tertiary/aromatic N) is 2. The highest BCUT2D eigenvalue weighted by Gasteiger charge is 2.16. The molecule has 0 fully saturated rings. The second-order valence-electron chi connectivity index (χ2n) is 8.58. The van der Waals surface area contributed by atoms with Crippen LogP contribution in [0.2, 0.25) is 0 Å². The molecule has 0 saturated heterocycles. The Labute approximate surface area is 197 Å². The van der Waals surface area contributed by atoms with Gasteiger partial charge in [0.1, 0.15) is 6.61 Å². The van der Waals surface area contributed by atoms with Crippen LogP contribution in [0.5, 0.6) is 11.5 Å². The molecule has 3 aromatic rings. The van der Waals surface area contributed by atoms with Gasteiger partial charge in [-0.1, -0.05) is 56.3 Å². The van der Waals surface area contributed by atoms with Crippen LogP contribution in [-0.2, 0) is 24.4 Å². The monoisotopic (exact) mass is 446 g/mol. The predicted molar refractivity (Wildman–Crippen MR) is 131 cm³/mol. The zero-order chi connectivity index (χ0) is 23.5. The van der Waals surface area contributed by atoms with E-state index in [1.807, 2.05) is 71.6 Å². The van der Waals surface area contributed by atoms with Crippen LogP contribution in [-0.4, -0.2) is 29.4 Å². The number of aromatic nitrogens is 1. The Hall–Kier alpha value is -3.34. The Morgan fingerprint density at radius 3 is 2.45 bits per heavy atom. The summed E-state index contributed by atoms with van der Waals surface area (Å²) in [6.45, 7) is 5.91. The van der Waals surface area contributed by atoms with Crippen LogP contribution in [0, 0.1) is 5.92 Å². The number of hydrogen-bond donors (Lipinski definition) is 0. The molecule has 0 bridgehead atoms. The molecule has 0 aliphatic heterocycles. The van der Waals surface area contributed by atoms with E-state index in [4.69, 9.17) is 9.47 Å². The number of rotatable bonds is 12. The van der Waals surface area contributed by atoms with Crippen molar-refractivity contribution in [3.63, 3.8) is 0 Å². The molecule has 0 aliphatic carbocycles. The maximum atomic E-state index is 13.0. The van der Waals surface area contributed by atoms with E-state index in [0.717, 1.165) is 29.7 Å². The van der Waals surface area contributed by atoms with Gasteiger partial charge in [-0.2, -0.15) is 0 Å². The van der Waals surface area contributed by atoms with E-state index >= 15 is 0 Å². The molecular weight excluding hydrogens is 412 g/mol. The van der Waals surface area contributed by atoms with E-state index in [1.165, 1.54) is 0 Å². The Bertz CT molecular complexity index is 991. The summed E-state index contributed by atoms with van der Waals surface area (Å²) < 4.78 is 11.6. The number of pyridine rings is 1. The molecule has 0 atom stereocenters. The standard InChI is InChI=1S/C28H34N2O3/c1-22(2)12-15-28(31)30(18-16-25-11-7-8-17-29-25)20-24-13-14-26(27(19-24)32-3)33-21-23-9-5-4-6-10-23/h4-11,13-14,17,19,22H,12,15-16,18,20-21H2,1-3H3. The molecule has 33 heavy (non-hydrogen) atoms. The molecule has 5 nitrogen and oxygen atoms in total. The molecule has 0 unspecified atom stereocenters. The Balaban J connectivity index is 1.69. The van der Waals surface area contributed by atoms with Crippen molar-refractivity contribution in [1.29, 1.82) is 0 Å². The average molecular weight is 447 g/mol. The van der Waals surface area contributed by atoms with Crippen LogP contribution in [0.4, 0.5) is 0 Å². The minimum Gasteiger partial charge on any atom is -0.493 e. The quantitative estimate of drug-likeness (QED) is 0.359. The molecule has 5 heteroatoms. The molecule has 174 valence electrons. The van der Waals surface area contributed by atoms with Crippen LogP contribution in [0.3, 0.4) is 0 Å². The summed E-state index contributed by atoms with van der Waals surface area (Å²) >= 11 is 0. The first-order chi connectivity index (χ1) is 16.0. The van der Waals surface area contributed by atoms with Crippen molar-refractivity contribution in [3.05, 3.63) is 89.7 Å². The lowest BCUT2D eigenvalue weighted by Crippen LogP contribution is -2.32. The first kappa shape index (κ1) is 24.3. The minimum atomic E-state index is 0.169. The van der Waals surface area contributed by atoms with Gasteiger partial charge in [-0.05, 0) is 47.7 Å². The van der Waals surface area contributed by atoms with Gasteiger partial charge in [0.15, 0.2) is 11.5 Å². The third-order valence-corrected chi connectivity index (χ3v) is 5.49. The molecule has 1 amide bonds. The zero-order valence-corrected chi connectivity index (χ0v) is 19.9. The molecule has 0 saturated carbocycles. The van der Waals surface area contributed by atoms with E-state index in [0.29, 0.717) is 43.5 Å². The summed E-state index contributed by atoms with van der Waals surface area (Å²) in [7, 11) is 1.64. The zero-order valence-electron chi connectivity index (χ0n) is 19.9. The lowest BCUT2D eigenvalue weighted by molar-refractivity contribution is -0.132. The number of hydrogen-bond acceptors (Lipinski definition) is 4. The van der Waals surface area contributed by atoms with E-state index in [-0.39, 0.29) is 5.91 Å². The van der Waals surface area contributed by atoms with E-state index in [9.17, 15) is 4.79 Å². The second-order valence-corrected chi connectivity index (χ2v) is 8.58. The van der Waals surface area contributed by atoms with E-state index < -0.39 is 0 Å². The lowest BCUT2D eigenvalue weighted by Gasteiger charge is -2.24. The molecule has 0 N–H and O–H groups in total. The molecule has 3 rings (SSSR count). The van der Waals surface area contributed by atoms with Crippen LogP contribution in [0.1, 0.15) is 43.5 Å². The van der Waals surface area contributed by atoms with Gasteiger partial charge in [0.05, 0.1) is 7.11 Å². The minimum absolute atomic E-state index is 0.169. The normalized spacial score (nSPS) is 10.8. The fourth-order valence-corrected chi connectivity index (χ4v) is 3.54. The van der Waals surface area contributed by atoms with Crippen molar-refractivity contribution in [1.82, 2.24) is 9.88 Å². The van der Waals surface area contributed by atoms with Gasteiger partial charge in [-0.25, -0.2) is 0 Å². The number of ether oxygens (including phenoxy) is 2. The number of carbonyl (C=O) groups excluding carboxylic acids is 1. The van der Waals surface area contributed by atoms with E-state index in [1.54, 1.807) is 13.3 Å². The van der Waals surface area contributed by atoms with Crippen molar-refractivity contribution < 1.29 is 14.3 Å². The largest absolute Gasteiger partial charge is 0.493 e. The maximum absolute atomic E-state index is 13.0. The smallest absolute Gasteiger partial charge is 0.222 e. The topological polar surface area (TPSA) is 51.7 Å². The van der Waals surface area contributed by atoms with Gasteiger partial charge in [-0.15, -0.1) is 0 Å². The van der Waals surface area contributed by atoms with Crippen molar-refractivity contribution >= 4 is 5.91 Å². The summed E-state index contributed by atoms with van der Waals surface area (Å²) in [5, 5.41) is 0. The van der Waals surface area contributed by atoms with Crippen molar-refractivity contribution in [2.45, 2.75) is 46.3 Å². The Morgan fingerprint density at radius 1 is 0.970 bits per heavy atom. The van der Waals surface area contributed by atoms with Gasteiger partial charge in [0.25, 0.3) is 0 Å². The van der Waals surface area contributed by atoms with Gasteiger partial charge in [0.2, 0.25) is 5.91 Å². The van der Waals surface area contributed by atoms with Crippen LogP contribution in [0.25, 0.3) is 0 Å². The van der Waals surface area contributed by atoms with Crippen molar-refractivity contribution in [3.8, 4) is 11.5 Å². The molecule has 0 aliphatic rings. The van der Waals surface area contributed by atoms with Crippen LogP contribution in [0.15, 0.2) is 72.9 Å². The molecule has 2 aromatic carbocycles. The summed E-state index contributed by atoms with van der Waals surface area (Å²) in [4.78, 5) is 19.3. The summed E-state index contributed by atoms with van der Waals surface area (Å²) in [6, 6.07) is 21.8. The van der Waals surface area contributed by atoms with Crippen molar-refractivity contribution in [2.75, 3.05) is 13.7 Å². The van der Waals surface area contributed by atoms with Gasteiger partial charge in [0, 0.05) is 37.8 Å². The Morgan fingerprint density at radius 2 is 1.76 bits per heavy atom. The highest BCUT2D eigenvalue weighted by atomic mass is 16.5. The Kier molecular flexibility index (Phi) is 9.31. The lowest BCUT2D eigenvalue weighted by atomic mass is 10.1. The molecule has 0 radical (unpaired) electrons. The number of methoxy groups -OCH3 is 1. The van der Waals surface area contributed by atoms with Crippen LogP contribution < -0.4 is 9.47 Å². The van der Waals surface area contributed by atoms with Gasteiger partial charge >= 0.3 is 0 Å². The SMILES string of the molecule is COc1cc(CN(CCc2ccccn2)C(=O)CCC(C)C)ccc1OCc1ccccc1. The third kappa shape index (κ3) is 7.94. The highest BCUT2D eigenvalue weighted by molar-refractivity contribution is 5.76. The third-order valence-electron chi connectivity index (χ3n) is 5.49. The average Bonchev–Trinajstić information content (AvgIpc) is 2.85. The van der Waals surface area contributed by atoms with Crippen molar-refractivity contribution in [2.24, 2.45) is 5.92 Å². The first-order valence-corrected chi connectivity index (χ1v) is 11.6. The maximum Gasteiger partial charge on any atom is 0.222 e. The van der Waals surface area contributed by atoms with Crippen LogP contribution >= 0.6 is 0 Å². The fraction of sp³-hybridized carbons (Fsp3) is 0.357. The number of amides is 1. The summed E-state index contributed by atoms with van der Waals surface area (Å²) in [5.41, 5.74) is 3.10. The van der Waals surface area contributed by atoms with E-state index in [2.05, 4.69) is 18.8 Å². The second kappa shape index (κ2) is 12.6. The number of benzene rings is 2. The molecule has 0 spiro atoms. The first-order valence-electron chi connectivity index (χ1n) is 11.6. The van der Waals surface area contributed by atoms with Gasteiger partial charge in [-0.3, -0.25) is 9.78 Å². The molecule has 1 aromatic heterocycles. The molecular formula is C28H34N2O3. The van der Waals surface area contributed by atoms with Gasteiger partial charge < -0.3 is 14.4 Å².